The first-order valence-corrected chi connectivity index (χ1v) is 15.4. The van der Waals surface area contributed by atoms with Crippen LogP contribution in [-0.2, 0) is 4.74 Å². The summed E-state index contributed by atoms with van der Waals surface area (Å²) in [5, 5.41) is 11.7. The first-order chi connectivity index (χ1) is 17.9. The molecule has 5 heteroatoms. The Balaban J connectivity index is 1.45. The highest BCUT2D eigenvalue weighted by Crippen LogP contribution is 2.47. The lowest BCUT2D eigenvalue weighted by molar-refractivity contribution is -0.273. The summed E-state index contributed by atoms with van der Waals surface area (Å²) in [7, 11) is 0. The molecule has 37 heavy (non-hydrogen) atoms. The summed E-state index contributed by atoms with van der Waals surface area (Å²) in [6, 6.07) is 3.21. The molecule has 2 saturated carbocycles. The maximum Gasteiger partial charge on any atom is 0.200 e. The summed E-state index contributed by atoms with van der Waals surface area (Å²) in [5.74, 6) is -1.34. The van der Waals surface area contributed by atoms with Crippen LogP contribution in [0, 0.1) is 29.4 Å². The van der Waals surface area contributed by atoms with E-state index in [9.17, 15) is 9.50 Å². The van der Waals surface area contributed by atoms with E-state index >= 15 is 4.39 Å². The second-order valence-corrected chi connectivity index (χ2v) is 12.3. The summed E-state index contributed by atoms with van der Waals surface area (Å²) >= 11 is 0. The van der Waals surface area contributed by atoms with Gasteiger partial charge in [-0.05, 0) is 67.9 Å². The summed E-state index contributed by atoms with van der Waals surface area (Å²) < 4.78 is 41.8. The van der Waals surface area contributed by atoms with Crippen LogP contribution in [0.2, 0.25) is 0 Å². The number of unbranched alkanes of at least 4 members (excludes halogenated alkanes) is 1. The van der Waals surface area contributed by atoms with Gasteiger partial charge in [-0.1, -0.05) is 83.6 Å². The van der Waals surface area contributed by atoms with Crippen LogP contribution in [0.5, 0.6) is 5.75 Å². The van der Waals surface area contributed by atoms with Gasteiger partial charge in [0.25, 0.3) is 0 Å². The molecular formula is C32H50F2O3. The predicted molar refractivity (Wildman–Crippen MR) is 145 cm³/mol. The van der Waals surface area contributed by atoms with E-state index < -0.39 is 17.4 Å². The van der Waals surface area contributed by atoms with Crippen LogP contribution >= 0.6 is 0 Å². The Morgan fingerprint density at radius 1 is 0.919 bits per heavy atom. The molecule has 1 aromatic carbocycles. The zero-order valence-corrected chi connectivity index (χ0v) is 23.3. The van der Waals surface area contributed by atoms with Gasteiger partial charge < -0.3 is 14.6 Å². The molecule has 0 spiro atoms. The standard InChI is InChI=1S/C32H50F2O3/c1-3-10-23-14-16-25(17-15-23)29-21-26(27-18-19-28(36-4-2)31(34)30(27)33)22-32(35,37-29)20-9-8-13-24-11-6-5-7-12-24/h18-19,23-26,29,35H,3-17,20-22H2,1-2H3. The van der Waals surface area contributed by atoms with E-state index in [1.165, 1.54) is 64.2 Å². The van der Waals surface area contributed by atoms with Crippen LogP contribution in [0.15, 0.2) is 12.1 Å². The number of halogens is 2. The molecule has 0 aromatic heterocycles. The lowest BCUT2D eigenvalue weighted by atomic mass is 9.73. The van der Waals surface area contributed by atoms with Gasteiger partial charge >= 0.3 is 0 Å². The minimum absolute atomic E-state index is 0.0421. The lowest BCUT2D eigenvalue weighted by Gasteiger charge is -2.46. The average molecular weight is 521 g/mol. The zero-order valence-electron chi connectivity index (χ0n) is 23.3. The summed E-state index contributed by atoms with van der Waals surface area (Å²) in [6.45, 7) is 4.30. The van der Waals surface area contributed by atoms with Crippen molar-refractivity contribution in [2.24, 2.45) is 17.8 Å². The van der Waals surface area contributed by atoms with Crippen molar-refractivity contribution in [2.45, 2.75) is 141 Å². The third kappa shape index (κ3) is 7.68. The van der Waals surface area contributed by atoms with E-state index in [2.05, 4.69) is 6.92 Å². The SMILES string of the molecule is CCCC1CCC(C2CC(c3ccc(OCC)c(F)c3F)CC(O)(CCCCC3CCCCC3)O2)CC1. The molecule has 4 rings (SSSR count). The fraction of sp³-hybridized carbons (Fsp3) is 0.812. The van der Waals surface area contributed by atoms with Crippen molar-refractivity contribution in [3.63, 3.8) is 0 Å². The molecule has 3 aliphatic rings. The Morgan fingerprint density at radius 2 is 1.65 bits per heavy atom. The fourth-order valence-corrected chi connectivity index (χ4v) is 7.51. The molecule has 1 saturated heterocycles. The van der Waals surface area contributed by atoms with E-state index in [1.807, 2.05) is 0 Å². The van der Waals surface area contributed by atoms with Gasteiger partial charge in [-0.3, -0.25) is 0 Å². The van der Waals surface area contributed by atoms with Crippen LogP contribution in [0.1, 0.15) is 134 Å². The summed E-state index contributed by atoms with van der Waals surface area (Å²) in [4.78, 5) is 0. The molecule has 1 heterocycles. The third-order valence-electron chi connectivity index (χ3n) is 9.54. The number of hydrogen-bond acceptors (Lipinski definition) is 3. The normalized spacial score (nSPS) is 31.4. The molecule has 1 aliphatic heterocycles. The number of ether oxygens (including phenoxy) is 2. The van der Waals surface area contributed by atoms with Crippen LogP contribution in [0.4, 0.5) is 8.78 Å². The monoisotopic (exact) mass is 520 g/mol. The molecule has 0 bridgehead atoms. The van der Waals surface area contributed by atoms with E-state index in [1.54, 1.807) is 19.1 Å². The van der Waals surface area contributed by atoms with Gasteiger partial charge in [-0.2, -0.15) is 4.39 Å². The smallest absolute Gasteiger partial charge is 0.200 e. The zero-order chi connectivity index (χ0) is 26.3. The lowest BCUT2D eigenvalue weighted by Crippen LogP contribution is -2.47. The molecule has 0 amide bonds. The van der Waals surface area contributed by atoms with Gasteiger partial charge in [0, 0.05) is 12.8 Å². The van der Waals surface area contributed by atoms with E-state index in [0.29, 0.717) is 30.7 Å². The number of benzene rings is 1. The first-order valence-electron chi connectivity index (χ1n) is 15.4. The van der Waals surface area contributed by atoms with Crippen LogP contribution in [0.3, 0.4) is 0 Å². The first kappa shape index (κ1) is 28.8. The number of aliphatic hydroxyl groups is 1. The van der Waals surface area contributed by atoms with Gasteiger partial charge in [0.15, 0.2) is 17.4 Å². The highest BCUT2D eigenvalue weighted by Gasteiger charge is 2.44. The van der Waals surface area contributed by atoms with Gasteiger partial charge in [0.05, 0.1) is 12.7 Å². The largest absolute Gasteiger partial charge is 0.491 e. The maximum absolute atomic E-state index is 15.3. The Kier molecular flexibility index (Phi) is 10.7. The number of hydrogen-bond donors (Lipinski definition) is 1. The van der Waals surface area contributed by atoms with Gasteiger partial charge in [0.2, 0.25) is 5.82 Å². The molecule has 2 aliphatic carbocycles. The Labute approximate surface area is 223 Å². The topological polar surface area (TPSA) is 38.7 Å². The van der Waals surface area contributed by atoms with Crippen molar-refractivity contribution in [3.05, 3.63) is 29.3 Å². The minimum Gasteiger partial charge on any atom is -0.491 e. The van der Waals surface area contributed by atoms with Crippen LogP contribution in [0.25, 0.3) is 0 Å². The van der Waals surface area contributed by atoms with Crippen molar-refractivity contribution >= 4 is 0 Å². The Hall–Kier alpha value is -1.20. The summed E-state index contributed by atoms with van der Waals surface area (Å²) in [6.07, 6.45) is 18.5. The number of rotatable bonds is 11. The molecule has 1 N–H and O–H groups in total. The minimum atomic E-state index is -1.28. The van der Waals surface area contributed by atoms with E-state index in [0.717, 1.165) is 37.5 Å². The third-order valence-corrected chi connectivity index (χ3v) is 9.54. The van der Waals surface area contributed by atoms with Crippen LogP contribution in [-0.4, -0.2) is 23.6 Å². The predicted octanol–water partition coefficient (Wildman–Crippen LogP) is 9.06. The summed E-state index contributed by atoms with van der Waals surface area (Å²) in [5.41, 5.74) is 0.356. The Bertz CT molecular complexity index is 832. The fourth-order valence-electron chi connectivity index (χ4n) is 7.51. The van der Waals surface area contributed by atoms with Gasteiger partial charge in [-0.15, -0.1) is 0 Å². The van der Waals surface area contributed by atoms with Crippen molar-refractivity contribution < 1.29 is 23.4 Å². The van der Waals surface area contributed by atoms with E-state index in [4.69, 9.17) is 9.47 Å². The van der Waals surface area contributed by atoms with Crippen molar-refractivity contribution in [1.29, 1.82) is 0 Å². The second-order valence-electron chi connectivity index (χ2n) is 12.3. The van der Waals surface area contributed by atoms with Crippen molar-refractivity contribution in [2.75, 3.05) is 6.61 Å². The molecular weight excluding hydrogens is 470 g/mol. The molecule has 3 fully saturated rings. The highest BCUT2D eigenvalue weighted by molar-refractivity contribution is 5.33. The van der Waals surface area contributed by atoms with Gasteiger partial charge in [-0.25, -0.2) is 4.39 Å². The molecule has 3 nitrogen and oxygen atoms in total. The highest BCUT2D eigenvalue weighted by atomic mass is 19.2. The van der Waals surface area contributed by atoms with Crippen molar-refractivity contribution in [1.82, 2.24) is 0 Å². The molecule has 3 unspecified atom stereocenters. The van der Waals surface area contributed by atoms with Gasteiger partial charge in [0.1, 0.15) is 0 Å². The average Bonchev–Trinajstić information content (AvgIpc) is 2.90. The molecule has 1 aromatic rings. The molecule has 3 atom stereocenters. The molecule has 0 radical (unpaired) electrons. The maximum atomic E-state index is 15.3. The molecule has 210 valence electrons. The van der Waals surface area contributed by atoms with Crippen LogP contribution < -0.4 is 4.74 Å². The Morgan fingerprint density at radius 3 is 2.35 bits per heavy atom. The van der Waals surface area contributed by atoms with Crippen molar-refractivity contribution in [3.8, 4) is 5.75 Å². The quantitative estimate of drug-likeness (QED) is 0.296. The second kappa shape index (κ2) is 13.7. The van der Waals surface area contributed by atoms with E-state index in [-0.39, 0.29) is 24.4 Å².